The quantitative estimate of drug-likeness (QED) is 0.868. The van der Waals surface area contributed by atoms with E-state index in [9.17, 15) is 8.42 Å². The standard InChI is InChI=1S/C17H19N3O3S/c18-12-14-5-7-15(8-6-14)24(21,22)19-13-16(17-4-3-11-23-17)20-9-1-2-10-20/h3-8,11,16,19H,1-2,9-10,13H2. The van der Waals surface area contributed by atoms with Crippen molar-refractivity contribution in [2.75, 3.05) is 19.6 Å². The van der Waals surface area contributed by atoms with Crippen molar-refractivity contribution in [1.82, 2.24) is 9.62 Å². The van der Waals surface area contributed by atoms with Crippen molar-refractivity contribution in [3.05, 3.63) is 54.0 Å². The van der Waals surface area contributed by atoms with Crippen LogP contribution in [0.25, 0.3) is 0 Å². The van der Waals surface area contributed by atoms with Crippen LogP contribution in [0.4, 0.5) is 0 Å². The lowest BCUT2D eigenvalue weighted by Crippen LogP contribution is -2.36. The largest absolute Gasteiger partial charge is 0.468 e. The summed E-state index contributed by atoms with van der Waals surface area (Å²) < 4.78 is 33.1. The molecule has 3 rings (SSSR count). The first-order valence-electron chi connectivity index (χ1n) is 7.87. The van der Waals surface area contributed by atoms with Crippen LogP contribution in [0, 0.1) is 11.3 Å². The van der Waals surface area contributed by atoms with Crippen LogP contribution in [-0.4, -0.2) is 33.0 Å². The van der Waals surface area contributed by atoms with Crippen LogP contribution in [0.2, 0.25) is 0 Å². The molecule has 2 aromatic rings. The summed E-state index contributed by atoms with van der Waals surface area (Å²) >= 11 is 0. The van der Waals surface area contributed by atoms with Gasteiger partial charge >= 0.3 is 0 Å². The first kappa shape index (κ1) is 16.7. The minimum absolute atomic E-state index is 0.115. The normalized spacial score (nSPS) is 16.8. The van der Waals surface area contributed by atoms with E-state index in [0.717, 1.165) is 31.7 Å². The molecule has 1 aliphatic heterocycles. The van der Waals surface area contributed by atoms with Crippen LogP contribution in [0.15, 0.2) is 52.0 Å². The smallest absolute Gasteiger partial charge is 0.240 e. The molecule has 1 aromatic heterocycles. The minimum atomic E-state index is -3.63. The Bertz CT molecular complexity index is 802. The Kier molecular flexibility index (Phi) is 5.00. The van der Waals surface area contributed by atoms with Gasteiger partial charge in [-0.3, -0.25) is 4.90 Å². The number of sulfonamides is 1. The van der Waals surface area contributed by atoms with E-state index in [1.165, 1.54) is 24.3 Å². The Morgan fingerprint density at radius 1 is 1.21 bits per heavy atom. The lowest BCUT2D eigenvalue weighted by atomic mass is 10.2. The number of likely N-dealkylation sites (tertiary alicyclic amines) is 1. The first-order chi connectivity index (χ1) is 11.6. The van der Waals surface area contributed by atoms with Crippen molar-refractivity contribution in [3.63, 3.8) is 0 Å². The zero-order valence-electron chi connectivity index (χ0n) is 13.2. The third kappa shape index (κ3) is 3.67. The summed E-state index contributed by atoms with van der Waals surface area (Å²) in [5, 5.41) is 8.80. The molecule has 0 amide bonds. The van der Waals surface area contributed by atoms with Crippen molar-refractivity contribution in [1.29, 1.82) is 5.26 Å². The van der Waals surface area contributed by atoms with E-state index in [2.05, 4.69) is 9.62 Å². The highest BCUT2D eigenvalue weighted by atomic mass is 32.2. The Balaban J connectivity index is 1.74. The second-order valence-corrected chi connectivity index (χ2v) is 7.53. The molecule has 0 aliphatic carbocycles. The third-order valence-corrected chi connectivity index (χ3v) is 5.65. The Hall–Kier alpha value is -2.14. The highest BCUT2D eigenvalue weighted by Gasteiger charge is 2.27. The van der Waals surface area contributed by atoms with E-state index in [1.807, 2.05) is 18.2 Å². The molecule has 126 valence electrons. The van der Waals surface area contributed by atoms with Crippen LogP contribution in [-0.2, 0) is 10.0 Å². The van der Waals surface area contributed by atoms with Crippen LogP contribution in [0.5, 0.6) is 0 Å². The molecular formula is C17H19N3O3S. The molecule has 1 fully saturated rings. The fraction of sp³-hybridized carbons (Fsp3) is 0.353. The van der Waals surface area contributed by atoms with Crippen LogP contribution in [0.3, 0.4) is 0 Å². The molecule has 0 spiro atoms. The number of furan rings is 1. The van der Waals surface area contributed by atoms with Crippen molar-refractivity contribution in [2.45, 2.75) is 23.8 Å². The van der Waals surface area contributed by atoms with E-state index in [1.54, 1.807) is 6.26 Å². The van der Waals surface area contributed by atoms with Crippen LogP contribution in [0.1, 0.15) is 30.2 Å². The van der Waals surface area contributed by atoms with Gasteiger partial charge < -0.3 is 4.42 Å². The first-order valence-corrected chi connectivity index (χ1v) is 9.36. The Morgan fingerprint density at radius 3 is 2.50 bits per heavy atom. The van der Waals surface area contributed by atoms with Gasteiger partial charge in [0.05, 0.1) is 28.8 Å². The van der Waals surface area contributed by atoms with Crippen molar-refractivity contribution >= 4 is 10.0 Å². The number of nitriles is 1. The maximum absolute atomic E-state index is 12.5. The number of benzene rings is 1. The highest BCUT2D eigenvalue weighted by molar-refractivity contribution is 7.89. The van der Waals surface area contributed by atoms with Gasteiger partial charge in [-0.25, -0.2) is 13.1 Å². The molecule has 7 heteroatoms. The van der Waals surface area contributed by atoms with Gasteiger partial charge in [-0.1, -0.05) is 0 Å². The summed E-state index contributed by atoms with van der Waals surface area (Å²) in [6, 6.07) is 11.4. The number of hydrogen-bond acceptors (Lipinski definition) is 5. The molecular weight excluding hydrogens is 326 g/mol. The molecule has 6 nitrogen and oxygen atoms in total. The molecule has 0 saturated carbocycles. The van der Waals surface area contributed by atoms with Crippen LogP contribution >= 0.6 is 0 Å². The SMILES string of the molecule is N#Cc1ccc(S(=O)(=O)NCC(c2ccco2)N2CCCC2)cc1. The number of rotatable bonds is 6. The topological polar surface area (TPSA) is 86.3 Å². The number of nitrogens with zero attached hydrogens (tertiary/aromatic N) is 2. The second-order valence-electron chi connectivity index (χ2n) is 5.76. The maximum Gasteiger partial charge on any atom is 0.240 e. The molecule has 24 heavy (non-hydrogen) atoms. The average Bonchev–Trinajstić information content (AvgIpc) is 3.29. The van der Waals surface area contributed by atoms with E-state index in [4.69, 9.17) is 9.68 Å². The second kappa shape index (κ2) is 7.18. The van der Waals surface area contributed by atoms with E-state index in [0.29, 0.717) is 5.56 Å². The van der Waals surface area contributed by atoms with Gasteiger partial charge in [0.1, 0.15) is 5.76 Å². The monoisotopic (exact) mass is 345 g/mol. The summed E-state index contributed by atoms with van der Waals surface area (Å²) in [7, 11) is -3.63. The molecule has 1 atom stereocenters. The lowest BCUT2D eigenvalue weighted by Gasteiger charge is -2.25. The van der Waals surface area contributed by atoms with Gasteiger partial charge in [0.15, 0.2) is 0 Å². The lowest BCUT2D eigenvalue weighted by molar-refractivity contribution is 0.216. The zero-order valence-corrected chi connectivity index (χ0v) is 14.0. The molecule has 0 bridgehead atoms. The summed E-state index contributed by atoms with van der Waals surface area (Å²) in [6.45, 7) is 2.11. The summed E-state index contributed by atoms with van der Waals surface area (Å²) in [4.78, 5) is 2.39. The van der Waals surface area contributed by atoms with Crippen molar-refractivity contribution < 1.29 is 12.8 Å². The average molecular weight is 345 g/mol. The molecule has 2 heterocycles. The third-order valence-electron chi connectivity index (χ3n) is 4.21. The number of hydrogen-bond donors (Lipinski definition) is 1. The van der Waals surface area contributed by atoms with E-state index in [-0.39, 0.29) is 17.5 Å². The summed E-state index contributed by atoms with van der Waals surface area (Å²) in [5.41, 5.74) is 0.430. The molecule has 1 unspecified atom stereocenters. The van der Waals surface area contributed by atoms with Gasteiger partial charge in [-0.2, -0.15) is 5.26 Å². The molecule has 1 aliphatic rings. The van der Waals surface area contributed by atoms with Gasteiger partial charge in [0.25, 0.3) is 0 Å². The zero-order chi connectivity index (χ0) is 17.0. The fourth-order valence-corrected chi connectivity index (χ4v) is 3.96. The van der Waals surface area contributed by atoms with Crippen molar-refractivity contribution in [3.8, 4) is 6.07 Å². The minimum Gasteiger partial charge on any atom is -0.468 e. The van der Waals surface area contributed by atoms with Gasteiger partial charge in [0.2, 0.25) is 10.0 Å². The van der Waals surface area contributed by atoms with Crippen molar-refractivity contribution in [2.24, 2.45) is 0 Å². The van der Waals surface area contributed by atoms with Gasteiger partial charge in [-0.05, 0) is 62.3 Å². The Morgan fingerprint density at radius 2 is 1.92 bits per heavy atom. The van der Waals surface area contributed by atoms with Gasteiger partial charge in [-0.15, -0.1) is 0 Å². The molecule has 1 N–H and O–H groups in total. The Labute approximate surface area is 141 Å². The van der Waals surface area contributed by atoms with E-state index < -0.39 is 10.0 Å². The maximum atomic E-state index is 12.5. The van der Waals surface area contributed by atoms with Crippen LogP contribution < -0.4 is 4.72 Å². The summed E-state index contributed by atoms with van der Waals surface area (Å²) in [6.07, 6.45) is 3.83. The summed E-state index contributed by atoms with van der Waals surface area (Å²) in [5.74, 6) is 0.763. The fourth-order valence-electron chi connectivity index (χ4n) is 2.92. The van der Waals surface area contributed by atoms with Gasteiger partial charge in [0, 0.05) is 6.54 Å². The number of nitrogens with one attached hydrogen (secondary N) is 1. The predicted molar refractivity (Wildman–Crippen MR) is 88.6 cm³/mol. The predicted octanol–water partition coefficient (Wildman–Crippen LogP) is 2.27. The highest BCUT2D eigenvalue weighted by Crippen LogP contribution is 2.25. The molecule has 1 aromatic carbocycles. The molecule has 0 radical (unpaired) electrons. The molecule has 1 saturated heterocycles. The van der Waals surface area contributed by atoms with E-state index >= 15 is 0 Å².